The summed E-state index contributed by atoms with van der Waals surface area (Å²) in [6.07, 6.45) is 3.12. The van der Waals surface area contributed by atoms with Gasteiger partial charge in [0.25, 0.3) is 0 Å². The van der Waals surface area contributed by atoms with Crippen LogP contribution >= 0.6 is 11.8 Å². The Morgan fingerprint density at radius 3 is 2.76 bits per heavy atom. The number of nitrogens with zero attached hydrogens (tertiary/aromatic N) is 1. The van der Waals surface area contributed by atoms with Gasteiger partial charge >= 0.3 is 0 Å². The molecule has 2 N–H and O–H groups in total. The van der Waals surface area contributed by atoms with E-state index in [0.717, 1.165) is 17.9 Å². The standard InChI is InChI=1S/C15H17N3O2S/c1-11(14(20)18-15-16-9-10-21-15)17-13(19)8-7-12-5-3-2-4-6-12/h2-8,11H,9-10H2,1H3,(H,17,19)(H,16,18,20)/b8-7+. The lowest BCUT2D eigenvalue weighted by atomic mass is 10.2. The molecule has 2 rings (SSSR count). The molecule has 6 heteroatoms. The number of hydrogen-bond acceptors (Lipinski definition) is 4. The number of carbonyl (C=O) groups excluding carboxylic acids is 2. The fourth-order valence-corrected chi connectivity index (χ4v) is 2.42. The molecule has 5 nitrogen and oxygen atoms in total. The van der Waals surface area contributed by atoms with Gasteiger partial charge in [-0.25, -0.2) is 0 Å². The number of rotatable bonds is 4. The topological polar surface area (TPSA) is 70.6 Å². The lowest BCUT2D eigenvalue weighted by Gasteiger charge is -2.12. The first-order chi connectivity index (χ1) is 10.1. The summed E-state index contributed by atoms with van der Waals surface area (Å²) in [7, 11) is 0. The van der Waals surface area contributed by atoms with Crippen molar-refractivity contribution in [3.63, 3.8) is 0 Å². The van der Waals surface area contributed by atoms with Crippen LogP contribution in [-0.4, -0.2) is 35.3 Å². The van der Waals surface area contributed by atoms with Crippen LogP contribution in [0.1, 0.15) is 12.5 Å². The number of benzene rings is 1. The highest BCUT2D eigenvalue weighted by molar-refractivity contribution is 8.14. The van der Waals surface area contributed by atoms with E-state index in [2.05, 4.69) is 15.6 Å². The zero-order valence-electron chi connectivity index (χ0n) is 11.7. The highest BCUT2D eigenvalue weighted by Crippen LogP contribution is 2.08. The van der Waals surface area contributed by atoms with E-state index < -0.39 is 6.04 Å². The number of amides is 2. The molecule has 0 fully saturated rings. The molecule has 1 unspecified atom stereocenters. The van der Waals surface area contributed by atoms with Crippen LogP contribution in [0.25, 0.3) is 6.08 Å². The number of carbonyl (C=O) groups is 2. The van der Waals surface area contributed by atoms with Crippen molar-refractivity contribution >= 4 is 34.8 Å². The lowest BCUT2D eigenvalue weighted by Crippen LogP contribution is -2.45. The molecule has 1 aromatic rings. The molecule has 0 spiro atoms. The van der Waals surface area contributed by atoms with E-state index in [9.17, 15) is 9.59 Å². The maximum absolute atomic E-state index is 11.9. The van der Waals surface area contributed by atoms with Crippen LogP contribution in [0.2, 0.25) is 0 Å². The second-order valence-corrected chi connectivity index (χ2v) is 5.58. The van der Waals surface area contributed by atoms with E-state index >= 15 is 0 Å². The van der Waals surface area contributed by atoms with Crippen LogP contribution in [0.3, 0.4) is 0 Å². The van der Waals surface area contributed by atoms with Crippen molar-refractivity contribution in [1.82, 2.24) is 10.6 Å². The van der Waals surface area contributed by atoms with Crippen LogP contribution in [-0.2, 0) is 9.59 Å². The predicted molar refractivity (Wildman–Crippen MR) is 86.0 cm³/mol. The van der Waals surface area contributed by atoms with Crippen LogP contribution in [0, 0.1) is 0 Å². The van der Waals surface area contributed by atoms with Crippen molar-refractivity contribution in [3.05, 3.63) is 42.0 Å². The maximum atomic E-state index is 11.9. The fourth-order valence-electron chi connectivity index (χ4n) is 1.69. The van der Waals surface area contributed by atoms with E-state index in [4.69, 9.17) is 0 Å². The van der Waals surface area contributed by atoms with Crippen LogP contribution < -0.4 is 10.6 Å². The molecule has 1 aliphatic rings. The fraction of sp³-hybridized carbons (Fsp3) is 0.267. The van der Waals surface area contributed by atoms with E-state index in [1.54, 1.807) is 13.0 Å². The van der Waals surface area contributed by atoms with E-state index in [1.165, 1.54) is 17.8 Å². The summed E-state index contributed by atoms with van der Waals surface area (Å²) in [5.74, 6) is 0.322. The molecule has 2 amide bonds. The summed E-state index contributed by atoms with van der Waals surface area (Å²) in [6, 6.07) is 8.89. The Kier molecular flexibility index (Phi) is 5.57. The minimum Gasteiger partial charge on any atom is -0.341 e. The van der Waals surface area contributed by atoms with E-state index in [-0.39, 0.29) is 11.8 Å². The Bertz CT molecular complexity index is 570. The van der Waals surface area contributed by atoms with Gasteiger partial charge in [-0.2, -0.15) is 0 Å². The molecule has 1 atom stereocenters. The lowest BCUT2D eigenvalue weighted by molar-refractivity contribution is -0.125. The molecular weight excluding hydrogens is 286 g/mol. The molecule has 21 heavy (non-hydrogen) atoms. The smallest absolute Gasteiger partial charge is 0.248 e. The van der Waals surface area contributed by atoms with Crippen molar-refractivity contribution in [3.8, 4) is 0 Å². The van der Waals surface area contributed by atoms with Gasteiger partial charge in [0.1, 0.15) is 6.04 Å². The minimum atomic E-state index is -0.609. The third kappa shape index (κ3) is 5.07. The van der Waals surface area contributed by atoms with Gasteiger partial charge in [-0.3, -0.25) is 14.6 Å². The Morgan fingerprint density at radius 2 is 2.10 bits per heavy atom. The first-order valence-corrected chi connectivity index (χ1v) is 7.65. The largest absolute Gasteiger partial charge is 0.341 e. The number of amidine groups is 1. The second kappa shape index (κ2) is 7.64. The average Bonchev–Trinajstić information content (AvgIpc) is 2.99. The molecule has 0 radical (unpaired) electrons. The second-order valence-electron chi connectivity index (χ2n) is 4.50. The summed E-state index contributed by atoms with van der Waals surface area (Å²) in [4.78, 5) is 27.8. The molecule has 110 valence electrons. The van der Waals surface area contributed by atoms with Crippen LogP contribution in [0.4, 0.5) is 0 Å². The number of nitrogens with one attached hydrogen (secondary N) is 2. The highest BCUT2D eigenvalue weighted by atomic mass is 32.2. The monoisotopic (exact) mass is 303 g/mol. The van der Waals surface area contributed by atoms with Gasteiger partial charge in [0, 0.05) is 11.8 Å². The normalized spacial score (nSPS) is 15.6. The summed E-state index contributed by atoms with van der Waals surface area (Å²) < 4.78 is 0. The third-order valence-corrected chi connectivity index (χ3v) is 3.69. The highest BCUT2D eigenvalue weighted by Gasteiger charge is 2.17. The molecule has 1 heterocycles. The molecule has 0 aromatic heterocycles. The van der Waals surface area contributed by atoms with Gasteiger partial charge in [0.15, 0.2) is 5.17 Å². The zero-order chi connectivity index (χ0) is 15.1. The van der Waals surface area contributed by atoms with Gasteiger partial charge in [0.05, 0.1) is 6.54 Å². The van der Waals surface area contributed by atoms with Crippen molar-refractivity contribution in [2.24, 2.45) is 4.99 Å². The van der Waals surface area contributed by atoms with Crippen LogP contribution in [0.5, 0.6) is 0 Å². The summed E-state index contributed by atoms with van der Waals surface area (Å²) in [6.45, 7) is 2.37. The maximum Gasteiger partial charge on any atom is 0.248 e. The Morgan fingerprint density at radius 1 is 1.33 bits per heavy atom. The molecule has 0 saturated heterocycles. The number of aliphatic imine (C=N–C) groups is 1. The van der Waals surface area contributed by atoms with Crippen molar-refractivity contribution in [1.29, 1.82) is 0 Å². The summed E-state index contributed by atoms with van der Waals surface area (Å²) in [5.41, 5.74) is 0.932. The zero-order valence-corrected chi connectivity index (χ0v) is 12.5. The molecule has 1 aromatic carbocycles. The van der Waals surface area contributed by atoms with Gasteiger partial charge in [-0.1, -0.05) is 42.1 Å². The molecule has 0 aliphatic carbocycles. The van der Waals surface area contributed by atoms with Crippen LogP contribution in [0.15, 0.2) is 41.4 Å². The Hall–Kier alpha value is -2.08. The molecule has 1 aliphatic heterocycles. The predicted octanol–water partition coefficient (Wildman–Crippen LogP) is 1.42. The first-order valence-electron chi connectivity index (χ1n) is 6.67. The third-order valence-electron chi connectivity index (χ3n) is 2.79. The average molecular weight is 303 g/mol. The van der Waals surface area contributed by atoms with Gasteiger partial charge in [0.2, 0.25) is 11.8 Å². The van der Waals surface area contributed by atoms with E-state index in [1.807, 2.05) is 30.3 Å². The van der Waals surface area contributed by atoms with Gasteiger partial charge in [-0.05, 0) is 18.6 Å². The van der Waals surface area contributed by atoms with Gasteiger partial charge in [-0.15, -0.1) is 0 Å². The van der Waals surface area contributed by atoms with Crippen molar-refractivity contribution in [2.45, 2.75) is 13.0 Å². The Balaban J connectivity index is 1.81. The number of hydrogen-bond donors (Lipinski definition) is 2. The van der Waals surface area contributed by atoms with Crippen molar-refractivity contribution in [2.75, 3.05) is 12.3 Å². The minimum absolute atomic E-state index is 0.260. The van der Waals surface area contributed by atoms with Gasteiger partial charge < -0.3 is 10.6 Å². The SMILES string of the molecule is CC(NC(=O)/C=C/c1ccccc1)C(=O)NC1=NCCS1. The molecule has 0 bridgehead atoms. The van der Waals surface area contributed by atoms with E-state index in [0.29, 0.717) is 5.17 Å². The Labute approximate surface area is 127 Å². The molecule has 0 saturated carbocycles. The quantitative estimate of drug-likeness (QED) is 0.827. The summed E-state index contributed by atoms with van der Waals surface area (Å²) in [5, 5.41) is 5.94. The number of thioether (sulfide) groups is 1. The first kappa shape index (κ1) is 15.3. The summed E-state index contributed by atoms with van der Waals surface area (Å²) >= 11 is 1.51. The molecular formula is C15H17N3O2S. The van der Waals surface area contributed by atoms with Crippen molar-refractivity contribution < 1.29 is 9.59 Å².